The molecule has 6 aromatic rings. The summed E-state index contributed by atoms with van der Waals surface area (Å²) in [6.07, 6.45) is 4.07. The third kappa shape index (κ3) is 4.70. The number of ether oxygens (including phenoxy) is 2. The standard InChI is InChI=1S/C40H33BrN2O3/c1-23(2)10-9-19-40(3)30-22-45-33-18-16-26(41)21-29(33)34(30)35-37-36(27-13-7-8-14-28(27)39(35)46-40)43-32-20-25(15-17-31(32)42-37)38(44)24-11-5-4-6-12-24/h4-8,10-18,20-21,30,34H,9,19,22H2,1-3H3/t30-,34+,40+/m0/s1. The fraction of sp³-hybridized carbons (Fsp3) is 0.225. The number of aromatic nitrogens is 2. The van der Waals surface area contributed by atoms with E-state index < -0.39 is 5.60 Å². The van der Waals surface area contributed by atoms with Crippen molar-refractivity contribution < 1.29 is 14.3 Å². The lowest BCUT2D eigenvalue weighted by molar-refractivity contribution is -0.0316. The summed E-state index contributed by atoms with van der Waals surface area (Å²) in [6.45, 7) is 7.07. The average Bonchev–Trinajstić information content (AvgIpc) is 3.07. The smallest absolute Gasteiger partial charge is 0.193 e. The van der Waals surface area contributed by atoms with Crippen LogP contribution in [0.1, 0.15) is 66.6 Å². The van der Waals surface area contributed by atoms with Gasteiger partial charge in [0.25, 0.3) is 0 Å². The molecule has 0 N–H and O–H groups in total. The van der Waals surface area contributed by atoms with Gasteiger partial charge in [-0.2, -0.15) is 0 Å². The molecule has 0 radical (unpaired) electrons. The molecule has 8 rings (SSSR count). The van der Waals surface area contributed by atoms with Crippen LogP contribution in [-0.2, 0) is 0 Å². The van der Waals surface area contributed by atoms with Gasteiger partial charge in [-0.05, 0) is 70.0 Å². The van der Waals surface area contributed by atoms with Crippen molar-refractivity contribution in [1.29, 1.82) is 0 Å². The van der Waals surface area contributed by atoms with E-state index in [0.29, 0.717) is 23.3 Å². The average molecular weight is 670 g/mol. The molecule has 0 bridgehead atoms. The molecule has 0 aliphatic carbocycles. The number of benzene rings is 5. The quantitative estimate of drug-likeness (QED) is 0.0792. The number of allylic oxidation sites excluding steroid dienone is 2. The maximum Gasteiger partial charge on any atom is 0.193 e. The fourth-order valence-electron chi connectivity index (χ4n) is 7.33. The number of nitrogens with zero attached hydrogens (tertiary/aromatic N) is 2. The van der Waals surface area contributed by atoms with Crippen LogP contribution in [-0.4, -0.2) is 28.0 Å². The van der Waals surface area contributed by atoms with E-state index in [2.05, 4.69) is 73.1 Å². The molecule has 1 aromatic heterocycles. The Labute approximate surface area is 276 Å². The lowest BCUT2D eigenvalue weighted by atomic mass is 9.67. The van der Waals surface area contributed by atoms with Crippen molar-refractivity contribution in [2.24, 2.45) is 5.92 Å². The molecule has 3 atom stereocenters. The number of halogens is 1. The van der Waals surface area contributed by atoms with Crippen LogP contribution in [0.25, 0.3) is 32.8 Å². The van der Waals surface area contributed by atoms with Crippen molar-refractivity contribution in [3.8, 4) is 11.5 Å². The van der Waals surface area contributed by atoms with Gasteiger partial charge in [-0.25, -0.2) is 9.97 Å². The van der Waals surface area contributed by atoms with E-state index in [1.54, 1.807) is 0 Å². The van der Waals surface area contributed by atoms with Gasteiger partial charge in [0, 0.05) is 49.3 Å². The maximum absolute atomic E-state index is 13.3. The van der Waals surface area contributed by atoms with Gasteiger partial charge in [0.15, 0.2) is 5.78 Å². The number of hydrogen-bond donors (Lipinski definition) is 0. The van der Waals surface area contributed by atoms with E-state index in [0.717, 1.165) is 67.3 Å². The largest absolute Gasteiger partial charge is 0.493 e. The normalized spacial score (nSPS) is 19.9. The second-order valence-corrected chi connectivity index (χ2v) is 13.8. The van der Waals surface area contributed by atoms with Gasteiger partial charge in [-0.15, -0.1) is 0 Å². The first-order valence-corrected chi connectivity index (χ1v) is 16.6. The zero-order chi connectivity index (χ0) is 31.6. The zero-order valence-electron chi connectivity index (χ0n) is 26.0. The Hall–Kier alpha value is -4.55. The lowest BCUT2D eigenvalue weighted by Gasteiger charge is -2.49. The molecule has 228 valence electrons. The Morgan fingerprint density at radius 1 is 0.891 bits per heavy atom. The van der Waals surface area contributed by atoms with Gasteiger partial charge in [0.05, 0.1) is 28.7 Å². The van der Waals surface area contributed by atoms with E-state index in [-0.39, 0.29) is 17.6 Å². The molecule has 5 nitrogen and oxygen atoms in total. The van der Waals surface area contributed by atoms with Crippen LogP contribution < -0.4 is 9.47 Å². The third-order valence-electron chi connectivity index (χ3n) is 9.64. The van der Waals surface area contributed by atoms with E-state index in [1.807, 2.05) is 60.7 Å². The molecule has 2 aliphatic rings. The van der Waals surface area contributed by atoms with Gasteiger partial charge < -0.3 is 9.47 Å². The van der Waals surface area contributed by atoms with Crippen molar-refractivity contribution in [3.63, 3.8) is 0 Å². The van der Waals surface area contributed by atoms with Gasteiger partial charge in [-0.1, -0.05) is 82.2 Å². The van der Waals surface area contributed by atoms with Crippen molar-refractivity contribution >= 4 is 54.6 Å². The van der Waals surface area contributed by atoms with Crippen LogP contribution in [0.3, 0.4) is 0 Å². The second kappa shape index (κ2) is 11.1. The SMILES string of the molecule is CC(C)=CCC[C@@]1(C)Oc2c(c3nc4ccc(C(=O)c5ccccc5)cc4nc3c3ccccc23)[C@@H]2c3cc(Br)ccc3OC[C@@H]21. The maximum atomic E-state index is 13.3. The first kappa shape index (κ1) is 28.9. The number of fused-ring (bicyclic) bond motifs is 11. The number of carbonyl (C=O) groups is 1. The topological polar surface area (TPSA) is 61.3 Å². The van der Waals surface area contributed by atoms with Crippen molar-refractivity contribution in [2.45, 2.75) is 45.1 Å². The summed E-state index contributed by atoms with van der Waals surface area (Å²) in [4.78, 5) is 23.9. The number of carbonyl (C=O) groups excluding carboxylic acids is 1. The first-order valence-electron chi connectivity index (χ1n) is 15.8. The summed E-state index contributed by atoms with van der Waals surface area (Å²) in [5, 5.41) is 2.00. The van der Waals surface area contributed by atoms with Crippen LogP contribution in [0, 0.1) is 5.92 Å². The second-order valence-electron chi connectivity index (χ2n) is 12.9. The van der Waals surface area contributed by atoms with Gasteiger partial charge >= 0.3 is 0 Å². The Morgan fingerprint density at radius 2 is 1.65 bits per heavy atom. The molecule has 3 heterocycles. The molecule has 2 aliphatic heterocycles. The van der Waals surface area contributed by atoms with Crippen molar-refractivity contribution in [2.75, 3.05) is 6.61 Å². The molecular weight excluding hydrogens is 636 g/mol. The minimum absolute atomic E-state index is 0.0144. The van der Waals surface area contributed by atoms with Crippen molar-refractivity contribution in [1.82, 2.24) is 9.97 Å². The molecule has 0 amide bonds. The summed E-state index contributed by atoms with van der Waals surface area (Å²) in [5.41, 5.74) is 7.32. The van der Waals surface area contributed by atoms with E-state index in [4.69, 9.17) is 19.4 Å². The molecular formula is C40H33BrN2O3. The molecule has 0 saturated heterocycles. The van der Waals surface area contributed by atoms with E-state index >= 15 is 0 Å². The van der Waals surface area contributed by atoms with E-state index in [9.17, 15) is 4.79 Å². The van der Waals surface area contributed by atoms with Gasteiger partial charge in [-0.3, -0.25) is 4.79 Å². The molecule has 0 spiro atoms. The predicted molar refractivity (Wildman–Crippen MR) is 187 cm³/mol. The minimum Gasteiger partial charge on any atom is -0.493 e. The number of ketones is 1. The molecule has 0 fully saturated rings. The Bertz CT molecular complexity index is 2220. The summed E-state index contributed by atoms with van der Waals surface area (Å²) >= 11 is 3.74. The molecule has 0 saturated carbocycles. The number of hydrogen-bond acceptors (Lipinski definition) is 5. The van der Waals surface area contributed by atoms with E-state index in [1.165, 1.54) is 5.57 Å². The monoisotopic (exact) mass is 668 g/mol. The molecule has 5 aromatic carbocycles. The molecule has 0 unspecified atom stereocenters. The zero-order valence-corrected chi connectivity index (χ0v) is 27.6. The van der Waals surface area contributed by atoms with Gasteiger partial charge in [0.1, 0.15) is 17.1 Å². The highest BCUT2D eigenvalue weighted by Gasteiger charge is 2.51. The predicted octanol–water partition coefficient (Wildman–Crippen LogP) is 9.97. The first-order chi connectivity index (χ1) is 22.3. The highest BCUT2D eigenvalue weighted by Crippen LogP contribution is 2.57. The highest BCUT2D eigenvalue weighted by atomic mass is 79.9. The highest BCUT2D eigenvalue weighted by molar-refractivity contribution is 9.10. The van der Waals surface area contributed by atoms with Crippen LogP contribution in [0.4, 0.5) is 0 Å². The van der Waals surface area contributed by atoms with Crippen LogP contribution in [0.5, 0.6) is 11.5 Å². The summed E-state index contributed by atoms with van der Waals surface area (Å²) < 4.78 is 14.7. The summed E-state index contributed by atoms with van der Waals surface area (Å²) in [6, 6.07) is 29.6. The van der Waals surface area contributed by atoms with Crippen LogP contribution >= 0.6 is 15.9 Å². The number of rotatable bonds is 5. The molecule has 46 heavy (non-hydrogen) atoms. The van der Waals surface area contributed by atoms with Crippen LogP contribution in [0.2, 0.25) is 0 Å². The third-order valence-corrected chi connectivity index (χ3v) is 10.1. The fourth-order valence-corrected chi connectivity index (χ4v) is 7.71. The molecule has 6 heteroatoms. The van der Waals surface area contributed by atoms with Gasteiger partial charge in [0.2, 0.25) is 0 Å². The Balaban J connectivity index is 1.40. The van der Waals surface area contributed by atoms with Crippen molar-refractivity contribution in [3.05, 3.63) is 129 Å². The van der Waals surface area contributed by atoms with Crippen LogP contribution in [0.15, 0.2) is 107 Å². The summed E-state index contributed by atoms with van der Waals surface area (Å²) in [5.74, 6) is 1.77. The Morgan fingerprint density at radius 3 is 2.46 bits per heavy atom. The lowest BCUT2D eigenvalue weighted by Crippen LogP contribution is -2.51. The summed E-state index contributed by atoms with van der Waals surface area (Å²) in [7, 11) is 0. The minimum atomic E-state index is -0.475. The Kier molecular flexibility index (Phi) is 6.95.